The number of aromatic nitrogens is 4. The number of benzene rings is 4. The number of nitrogens with zero attached hydrogens (tertiary/aromatic N) is 2. The van der Waals surface area contributed by atoms with Gasteiger partial charge in [-0.05, 0) is 134 Å². The fourth-order valence-corrected chi connectivity index (χ4v) is 8.23. The molecule has 0 saturated heterocycles. The zero-order chi connectivity index (χ0) is 42.1. The lowest BCUT2D eigenvalue weighted by Crippen LogP contribution is -1.98. The second-order valence-electron chi connectivity index (χ2n) is 15.5. The van der Waals surface area contributed by atoms with E-state index >= 15 is 0 Å². The van der Waals surface area contributed by atoms with Crippen LogP contribution in [0, 0.1) is 0 Å². The minimum atomic E-state index is 0.202. The second-order valence-corrected chi connectivity index (χ2v) is 15.5. The van der Waals surface area contributed by atoms with Gasteiger partial charge in [0, 0.05) is 57.5 Å². The summed E-state index contributed by atoms with van der Waals surface area (Å²) in [5, 5.41) is 18.4. The first-order valence-corrected chi connectivity index (χ1v) is 21.6. The van der Waals surface area contributed by atoms with Crippen molar-refractivity contribution >= 4 is 46.4 Å². The van der Waals surface area contributed by atoms with E-state index in [4.69, 9.17) is 19.4 Å². The molecule has 7 aromatic rings. The van der Waals surface area contributed by atoms with Crippen LogP contribution in [0.15, 0.2) is 133 Å². The molecule has 4 aromatic carbocycles. The Morgan fingerprint density at radius 1 is 0.355 bits per heavy atom. The minimum Gasteiger partial charge on any atom is -0.494 e. The van der Waals surface area contributed by atoms with Crippen LogP contribution in [0.4, 0.5) is 0 Å². The number of nitrogens with one attached hydrogen (secondary N) is 2. The zero-order valence-corrected chi connectivity index (χ0v) is 34.7. The maximum Gasteiger partial charge on any atom is 0.119 e. The smallest absolute Gasteiger partial charge is 0.119 e. The van der Waals surface area contributed by atoms with E-state index in [0.717, 1.165) is 139 Å². The Labute approximate surface area is 361 Å². The van der Waals surface area contributed by atoms with Crippen LogP contribution in [0.2, 0.25) is 0 Å². The lowest BCUT2D eigenvalue weighted by atomic mass is 10.0. The summed E-state index contributed by atoms with van der Waals surface area (Å²) in [6.07, 6.45) is 13.6. The number of aliphatic hydroxyl groups excluding tert-OH is 2. The molecule has 0 fully saturated rings. The molecule has 8 bridgehead atoms. The normalized spacial score (nSPS) is 11.9. The number of rotatable bonds is 16. The monoisotopic (exact) mass is 818 g/mol. The van der Waals surface area contributed by atoms with Crippen molar-refractivity contribution in [1.82, 2.24) is 19.9 Å². The third-order valence-electron chi connectivity index (χ3n) is 11.3. The van der Waals surface area contributed by atoms with Crippen LogP contribution >= 0.6 is 0 Å². The Morgan fingerprint density at radius 3 is 1.00 bits per heavy atom. The number of unbranched alkanes of at least 4 members (excludes halogenated alkanes) is 4. The highest BCUT2D eigenvalue weighted by atomic mass is 16.5. The molecule has 9 rings (SSSR count). The summed E-state index contributed by atoms with van der Waals surface area (Å²) in [5.74, 6) is 1.60. The summed E-state index contributed by atoms with van der Waals surface area (Å²) in [5.41, 5.74) is 15.2. The molecule has 0 spiro atoms. The SMILES string of the molecule is OCCCCCOc1ccc(-c2c3nc(c(-c4ccccc4)c4ccc([nH]4)c(-c4ccccc4)c4nc(c(-c5ccc(OCCCCCO)cc5)c5ccc2[nH]5)C=C4)C=C3)cc1. The van der Waals surface area contributed by atoms with Gasteiger partial charge in [-0.3, -0.25) is 0 Å². The maximum atomic E-state index is 9.18. The van der Waals surface area contributed by atoms with E-state index in [0.29, 0.717) is 13.2 Å². The van der Waals surface area contributed by atoms with Crippen molar-refractivity contribution in [2.24, 2.45) is 0 Å². The van der Waals surface area contributed by atoms with Gasteiger partial charge in [0.25, 0.3) is 0 Å². The van der Waals surface area contributed by atoms with Gasteiger partial charge in [0.05, 0.1) is 36.0 Å². The Bertz CT molecular complexity index is 2670. The van der Waals surface area contributed by atoms with Gasteiger partial charge < -0.3 is 29.7 Å². The number of hydrogen-bond acceptors (Lipinski definition) is 6. The van der Waals surface area contributed by atoms with E-state index in [1.165, 1.54) is 0 Å². The van der Waals surface area contributed by atoms with Crippen molar-refractivity contribution in [2.45, 2.75) is 38.5 Å². The molecular formula is C54H50N4O4. The lowest BCUT2D eigenvalue weighted by Gasteiger charge is -2.09. The van der Waals surface area contributed by atoms with Crippen molar-refractivity contribution in [3.05, 3.63) is 156 Å². The van der Waals surface area contributed by atoms with Gasteiger partial charge in [0.1, 0.15) is 11.5 Å². The van der Waals surface area contributed by atoms with Gasteiger partial charge in [-0.15, -0.1) is 0 Å². The molecule has 3 aromatic heterocycles. The minimum absolute atomic E-state index is 0.202. The van der Waals surface area contributed by atoms with Crippen molar-refractivity contribution in [1.29, 1.82) is 0 Å². The van der Waals surface area contributed by atoms with Crippen LogP contribution in [0.1, 0.15) is 61.3 Å². The van der Waals surface area contributed by atoms with E-state index < -0.39 is 0 Å². The van der Waals surface area contributed by atoms with Crippen molar-refractivity contribution < 1.29 is 19.7 Å². The van der Waals surface area contributed by atoms with Crippen LogP contribution in [0.5, 0.6) is 11.5 Å². The molecule has 62 heavy (non-hydrogen) atoms. The van der Waals surface area contributed by atoms with E-state index in [-0.39, 0.29) is 13.2 Å². The van der Waals surface area contributed by atoms with Crippen molar-refractivity contribution in [2.75, 3.05) is 26.4 Å². The summed E-state index contributed by atoms with van der Waals surface area (Å²) >= 11 is 0. The van der Waals surface area contributed by atoms with E-state index in [1.807, 2.05) is 36.4 Å². The topological polar surface area (TPSA) is 116 Å². The van der Waals surface area contributed by atoms with Crippen LogP contribution in [-0.4, -0.2) is 56.6 Å². The number of ether oxygens (including phenoxy) is 2. The second kappa shape index (κ2) is 19.1. The predicted molar refractivity (Wildman–Crippen MR) is 253 cm³/mol. The quantitative estimate of drug-likeness (QED) is 0.0722. The summed E-state index contributed by atoms with van der Waals surface area (Å²) in [6.45, 7) is 1.60. The first kappa shape index (κ1) is 40.4. The molecule has 4 N–H and O–H groups in total. The Balaban J connectivity index is 1.28. The number of fused-ring (bicyclic) bond motifs is 8. The first-order valence-electron chi connectivity index (χ1n) is 21.6. The highest BCUT2D eigenvalue weighted by molar-refractivity contribution is 5.99. The Hall–Kier alpha value is -7.00. The van der Waals surface area contributed by atoms with Crippen LogP contribution in [0.3, 0.4) is 0 Å². The molecule has 2 aliphatic rings. The number of aromatic amines is 2. The fourth-order valence-electron chi connectivity index (χ4n) is 8.23. The van der Waals surface area contributed by atoms with E-state index in [1.54, 1.807) is 0 Å². The lowest BCUT2D eigenvalue weighted by molar-refractivity contribution is 0.265. The molecule has 8 nitrogen and oxygen atoms in total. The first-order chi connectivity index (χ1) is 30.7. The van der Waals surface area contributed by atoms with Crippen molar-refractivity contribution in [3.8, 4) is 56.0 Å². The van der Waals surface area contributed by atoms with Crippen LogP contribution in [0.25, 0.3) is 90.9 Å². The van der Waals surface area contributed by atoms with Gasteiger partial charge in [0.15, 0.2) is 0 Å². The molecule has 0 aliphatic carbocycles. The van der Waals surface area contributed by atoms with Gasteiger partial charge in [-0.1, -0.05) is 84.9 Å². The van der Waals surface area contributed by atoms with Gasteiger partial charge >= 0.3 is 0 Å². The standard InChI is InChI=1S/C54H50N4O4/c59-33-9-3-11-35-61-41-21-17-39(18-22-41)53-47-29-27-45(56-47)51(37-13-5-1-6-14-37)43-25-26-44(55-43)52(38-15-7-2-8-16-38)46-28-30-48(57-46)54(50-32-31-49(53)58-50)40-19-23-42(24-20-40)62-36-12-4-10-34-60/h1-2,5-8,13-32,55,58-60H,3-4,9-12,33-36H2. The predicted octanol–water partition coefficient (Wildman–Crippen LogP) is 12.4. The van der Waals surface area contributed by atoms with Gasteiger partial charge in [-0.25, -0.2) is 9.97 Å². The summed E-state index contributed by atoms with van der Waals surface area (Å²) < 4.78 is 12.2. The van der Waals surface area contributed by atoms with E-state index in [9.17, 15) is 10.2 Å². The molecule has 0 amide bonds. The molecular weight excluding hydrogens is 769 g/mol. The number of H-pyrrole nitrogens is 2. The third kappa shape index (κ3) is 8.89. The summed E-state index contributed by atoms with van der Waals surface area (Å²) in [4.78, 5) is 18.5. The highest BCUT2D eigenvalue weighted by Gasteiger charge is 2.19. The molecule has 0 atom stereocenters. The maximum absolute atomic E-state index is 9.18. The third-order valence-corrected chi connectivity index (χ3v) is 11.3. The van der Waals surface area contributed by atoms with E-state index in [2.05, 4.69) is 131 Å². The van der Waals surface area contributed by atoms with Crippen LogP contribution in [-0.2, 0) is 0 Å². The average molecular weight is 819 g/mol. The average Bonchev–Trinajstić information content (AvgIpc) is 4.16. The molecule has 0 radical (unpaired) electrons. The molecule has 0 saturated carbocycles. The number of aliphatic hydroxyl groups is 2. The fraction of sp³-hybridized carbons (Fsp3) is 0.185. The molecule has 8 heteroatoms. The molecule has 5 heterocycles. The highest BCUT2D eigenvalue weighted by Crippen LogP contribution is 2.39. The summed E-state index contributed by atoms with van der Waals surface area (Å²) in [6, 6.07) is 45.9. The molecule has 310 valence electrons. The Kier molecular flexibility index (Phi) is 12.5. The molecule has 0 unspecified atom stereocenters. The summed E-state index contributed by atoms with van der Waals surface area (Å²) in [7, 11) is 0. The van der Waals surface area contributed by atoms with Gasteiger partial charge in [-0.2, -0.15) is 0 Å². The van der Waals surface area contributed by atoms with Gasteiger partial charge in [0.2, 0.25) is 0 Å². The largest absolute Gasteiger partial charge is 0.494 e. The van der Waals surface area contributed by atoms with Crippen LogP contribution < -0.4 is 9.47 Å². The zero-order valence-electron chi connectivity index (χ0n) is 34.7. The Morgan fingerprint density at radius 2 is 0.677 bits per heavy atom. The van der Waals surface area contributed by atoms with Crippen molar-refractivity contribution in [3.63, 3.8) is 0 Å². The molecule has 2 aliphatic heterocycles. The number of hydrogen-bond donors (Lipinski definition) is 4.